The smallest absolute Gasteiger partial charge is 0.130 e. The van der Waals surface area contributed by atoms with Gasteiger partial charge in [0.2, 0.25) is 0 Å². The van der Waals surface area contributed by atoms with E-state index in [4.69, 9.17) is 10.2 Å². The van der Waals surface area contributed by atoms with Gasteiger partial charge in [-0.15, -0.1) is 0 Å². The van der Waals surface area contributed by atoms with Crippen LogP contribution >= 0.6 is 0 Å². The lowest BCUT2D eigenvalue weighted by Crippen LogP contribution is -2.29. The summed E-state index contributed by atoms with van der Waals surface area (Å²) >= 11 is 0. The van der Waals surface area contributed by atoms with Gasteiger partial charge in [-0.1, -0.05) is 18.5 Å². The number of hydrogen-bond acceptors (Lipinski definition) is 6. The molecule has 0 aromatic carbocycles. The summed E-state index contributed by atoms with van der Waals surface area (Å²) in [5.74, 6) is 0.668. The molecule has 0 spiro atoms. The average Bonchev–Trinajstić information content (AvgIpc) is 2.64. The summed E-state index contributed by atoms with van der Waals surface area (Å²) in [6.07, 6.45) is 12.8. The molecule has 3 N–H and O–H groups in total. The van der Waals surface area contributed by atoms with Gasteiger partial charge in [0, 0.05) is 45.0 Å². The number of hydrogen-bond donors (Lipinski definition) is 3. The molecule has 0 aromatic heterocycles. The lowest BCUT2D eigenvalue weighted by atomic mass is 10.1. The average molecular weight is 377 g/mol. The molecule has 0 aliphatic carbocycles. The minimum atomic E-state index is -0.144. The number of unbranched alkanes of at least 4 members (excludes halogenated alkanes) is 1. The molecule has 0 fully saturated rings. The predicted octanol–water partition coefficient (Wildman–Crippen LogP) is 3.29. The molecular weight excluding hydrogens is 340 g/mol. The second-order valence-corrected chi connectivity index (χ2v) is 6.16. The van der Waals surface area contributed by atoms with Gasteiger partial charge in [0.1, 0.15) is 5.76 Å². The number of allylic oxidation sites excluding steroid dienone is 2. The van der Waals surface area contributed by atoms with Gasteiger partial charge in [0.25, 0.3) is 0 Å². The number of nitrogens with one attached hydrogen (secondary N) is 3. The highest BCUT2D eigenvalue weighted by atomic mass is 16.6. The first kappa shape index (κ1) is 24.4. The number of rotatable bonds is 14. The normalized spacial score (nSPS) is 14.5. The van der Waals surface area contributed by atoms with E-state index in [1.54, 1.807) is 13.1 Å². The van der Waals surface area contributed by atoms with E-state index in [2.05, 4.69) is 32.6 Å². The van der Waals surface area contributed by atoms with E-state index < -0.39 is 0 Å². The van der Waals surface area contributed by atoms with Crippen LogP contribution in [0.4, 0.5) is 0 Å². The lowest BCUT2D eigenvalue weighted by molar-refractivity contribution is 0.229. The first-order chi connectivity index (χ1) is 13.0. The van der Waals surface area contributed by atoms with E-state index in [-0.39, 0.29) is 6.04 Å². The Labute approximate surface area is 164 Å². The second-order valence-electron chi connectivity index (χ2n) is 6.16. The van der Waals surface area contributed by atoms with Crippen molar-refractivity contribution in [3.8, 4) is 0 Å². The molecule has 152 valence electrons. The molecule has 0 rings (SSSR count). The van der Waals surface area contributed by atoms with Crippen LogP contribution in [0.3, 0.4) is 0 Å². The molecule has 0 bridgehead atoms. The molecule has 0 radical (unpaired) electrons. The number of likely N-dealkylation sites (N-methyl/N-ethyl adjacent to an activating group) is 2. The first-order valence-corrected chi connectivity index (χ1v) is 9.32. The van der Waals surface area contributed by atoms with Gasteiger partial charge in [-0.3, -0.25) is 10.4 Å². The van der Waals surface area contributed by atoms with Crippen molar-refractivity contribution in [1.82, 2.24) is 15.5 Å². The number of nitrogens with zero attached hydrogens (tertiary/aromatic N) is 3. The lowest BCUT2D eigenvalue weighted by Gasteiger charge is -2.21. The molecule has 0 aromatic rings. The molecule has 0 saturated carbocycles. The summed E-state index contributed by atoms with van der Waals surface area (Å²) in [4.78, 5) is 11.7. The Balaban J connectivity index is 5.00. The SMILES string of the molecule is C/C=N/O/C(C)=C/C(NC=N)/C(C)=C/N(C)C/C(=C/C=N\CCCC)NC. The van der Waals surface area contributed by atoms with Crippen molar-refractivity contribution in [2.45, 2.75) is 46.6 Å². The van der Waals surface area contributed by atoms with Crippen LogP contribution in [0.25, 0.3) is 0 Å². The summed E-state index contributed by atoms with van der Waals surface area (Å²) in [5.41, 5.74) is 2.13. The molecule has 0 saturated heterocycles. The highest BCUT2D eigenvalue weighted by Gasteiger charge is 2.09. The molecule has 27 heavy (non-hydrogen) atoms. The highest BCUT2D eigenvalue weighted by Crippen LogP contribution is 2.09. The van der Waals surface area contributed by atoms with Crippen molar-refractivity contribution in [3.63, 3.8) is 0 Å². The largest absolute Gasteiger partial charge is 0.390 e. The summed E-state index contributed by atoms with van der Waals surface area (Å²) in [6.45, 7) is 9.40. The van der Waals surface area contributed by atoms with E-state index in [0.29, 0.717) is 5.76 Å². The van der Waals surface area contributed by atoms with Crippen LogP contribution in [0.2, 0.25) is 0 Å². The summed E-state index contributed by atoms with van der Waals surface area (Å²) in [7, 11) is 3.92. The molecule has 7 heteroatoms. The third-order valence-corrected chi connectivity index (χ3v) is 3.64. The Bertz CT molecular complexity index is 563. The Morgan fingerprint density at radius 1 is 1.33 bits per heavy atom. The van der Waals surface area contributed by atoms with Gasteiger partial charge in [0.05, 0.1) is 18.9 Å². The van der Waals surface area contributed by atoms with Crippen LogP contribution in [-0.2, 0) is 4.84 Å². The van der Waals surface area contributed by atoms with Gasteiger partial charge in [0.15, 0.2) is 0 Å². The fourth-order valence-corrected chi connectivity index (χ4v) is 2.23. The van der Waals surface area contributed by atoms with Crippen molar-refractivity contribution in [2.24, 2.45) is 10.1 Å². The maximum absolute atomic E-state index is 7.35. The van der Waals surface area contributed by atoms with Gasteiger partial charge in [-0.25, -0.2) is 0 Å². The zero-order chi connectivity index (χ0) is 20.5. The van der Waals surface area contributed by atoms with Gasteiger partial charge < -0.3 is 20.4 Å². The maximum atomic E-state index is 7.35. The summed E-state index contributed by atoms with van der Waals surface area (Å²) in [5, 5.41) is 17.3. The van der Waals surface area contributed by atoms with Crippen LogP contribution < -0.4 is 10.6 Å². The Morgan fingerprint density at radius 2 is 2.07 bits per heavy atom. The van der Waals surface area contributed by atoms with Crippen LogP contribution in [0.15, 0.2) is 45.5 Å². The van der Waals surface area contributed by atoms with Crippen LogP contribution in [0.1, 0.15) is 40.5 Å². The molecule has 0 aliphatic rings. The molecule has 0 heterocycles. The van der Waals surface area contributed by atoms with E-state index in [0.717, 1.165) is 37.2 Å². The molecule has 7 nitrogen and oxygen atoms in total. The third-order valence-electron chi connectivity index (χ3n) is 3.64. The minimum Gasteiger partial charge on any atom is -0.390 e. The Morgan fingerprint density at radius 3 is 2.67 bits per heavy atom. The van der Waals surface area contributed by atoms with E-state index in [1.807, 2.05) is 52.5 Å². The van der Waals surface area contributed by atoms with Crippen molar-refractivity contribution >= 4 is 18.8 Å². The fraction of sp³-hybridized carbons (Fsp3) is 0.550. The van der Waals surface area contributed by atoms with Gasteiger partial charge in [-0.05, 0) is 44.9 Å². The molecule has 1 atom stereocenters. The zero-order valence-corrected chi connectivity index (χ0v) is 17.6. The van der Waals surface area contributed by atoms with Crippen molar-refractivity contribution < 1.29 is 4.84 Å². The van der Waals surface area contributed by atoms with Crippen molar-refractivity contribution in [1.29, 1.82) is 5.41 Å². The van der Waals surface area contributed by atoms with Gasteiger partial charge >= 0.3 is 0 Å². The monoisotopic (exact) mass is 376 g/mol. The van der Waals surface area contributed by atoms with E-state index in [9.17, 15) is 0 Å². The Kier molecular flexibility index (Phi) is 14.2. The van der Waals surface area contributed by atoms with E-state index in [1.165, 1.54) is 6.34 Å². The fourth-order valence-electron chi connectivity index (χ4n) is 2.23. The van der Waals surface area contributed by atoms with Crippen LogP contribution in [0, 0.1) is 5.41 Å². The number of aliphatic imine (C=N–C) groups is 1. The second kappa shape index (κ2) is 15.7. The van der Waals surface area contributed by atoms with E-state index >= 15 is 0 Å². The molecular formula is C20H36N6O. The van der Waals surface area contributed by atoms with Gasteiger partial charge in [-0.2, -0.15) is 0 Å². The van der Waals surface area contributed by atoms with Crippen molar-refractivity contribution in [3.05, 3.63) is 35.4 Å². The molecule has 0 amide bonds. The molecule has 1 unspecified atom stereocenters. The summed E-state index contributed by atoms with van der Waals surface area (Å²) < 4.78 is 0. The molecule has 0 aliphatic heterocycles. The standard InChI is InChI=1S/C20H36N6O/c1-7-9-11-23-12-10-19(22-5)15-26(6)14-17(3)20(24-16-21)13-18(4)27-25-8-2/h8,10,12-14,16,20,22H,7,9,11,15H2,1-6H3,(H2,21,24)/b17-14+,18-13+,19-10-,23-12-,25-8+. The quantitative estimate of drug-likeness (QED) is 0.143. The minimum absolute atomic E-state index is 0.144. The van der Waals surface area contributed by atoms with Crippen LogP contribution in [0.5, 0.6) is 0 Å². The first-order valence-electron chi connectivity index (χ1n) is 9.32. The number of oxime groups is 1. The zero-order valence-electron chi connectivity index (χ0n) is 17.6. The van der Waals surface area contributed by atoms with Crippen molar-refractivity contribution in [2.75, 3.05) is 27.2 Å². The predicted molar refractivity (Wildman–Crippen MR) is 117 cm³/mol. The highest BCUT2D eigenvalue weighted by molar-refractivity contribution is 5.72. The maximum Gasteiger partial charge on any atom is 0.130 e. The Hall–Kier alpha value is -2.57. The third kappa shape index (κ3) is 12.4. The topological polar surface area (TPSA) is 85.1 Å². The summed E-state index contributed by atoms with van der Waals surface area (Å²) in [6, 6.07) is -0.144. The van der Waals surface area contributed by atoms with Crippen LogP contribution in [-0.4, -0.2) is 56.9 Å².